The molecule has 7 nitrogen and oxygen atoms in total. The summed E-state index contributed by atoms with van der Waals surface area (Å²) >= 11 is 3.11. The number of nitrogens with zero attached hydrogens (tertiary/aromatic N) is 2. The SMILES string of the molecule is O=C(NC1CN(Cc2ccccc2)CC1C(=O)O)c1cc(Br)no1. The van der Waals surface area contributed by atoms with Gasteiger partial charge in [-0.2, -0.15) is 0 Å². The van der Waals surface area contributed by atoms with Crippen LogP contribution in [0.25, 0.3) is 0 Å². The predicted molar refractivity (Wildman–Crippen MR) is 88.3 cm³/mol. The van der Waals surface area contributed by atoms with Crippen molar-refractivity contribution in [2.24, 2.45) is 5.92 Å². The molecular weight excluding hydrogens is 378 g/mol. The standard InChI is InChI=1S/C16H16BrN3O4/c17-14-6-13(24-19-14)15(21)18-12-9-20(8-11(12)16(22)23)7-10-4-2-1-3-5-10/h1-6,11-12H,7-9H2,(H,18,21)(H,22,23). The summed E-state index contributed by atoms with van der Waals surface area (Å²) in [6.07, 6.45) is 0. The molecule has 126 valence electrons. The minimum absolute atomic E-state index is 0.0486. The number of benzene rings is 1. The fraction of sp³-hybridized carbons (Fsp3) is 0.312. The van der Waals surface area contributed by atoms with Crippen molar-refractivity contribution in [3.63, 3.8) is 0 Å². The molecule has 2 heterocycles. The maximum Gasteiger partial charge on any atom is 0.309 e. The highest BCUT2D eigenvalue weighted by Gasteiger charge is 2.39. The number of carboxylic acids is 1. The fourth-order valence-electron chi connectivity index (χ4n) is 2.85. The van der Waals surface area contributed by atoms with E-state index in [9.17, 15) is 14.7 Å². The molecule has 0 spiro atoms. The van der Waals surface area contributed by atoms with Crippen LogP contribution in [0, 0.1) is 5.92 Å². The van der Waals surface area contributed by atoms with E-state index in [1.54, 1.807) is 0 Å². The molecule has 1 aliphatic heterocycles. The van der Waals surface area contributed by atoms with Crippen LogP contribution in [-0.4, -0.2) is 46.2 Å². The fourth-order valence-corrected chi connectivity index (χ4v) is 3.13. The maximum atomic E-state index is 12.2. The van der Waals surface area contributed by atoms with Crippen LogP contribution in [0.1, 0.15) is 16.1 Å². The van der Waals surface area contributed by atoms with Gasteiger partial charge in [-0.25, -0.2) is 0 Å². The van der Waals surface area contributed by atoms with Gasteiger partial charge >= 0.3 is 5.97 Å². The van der Waals surface area contributed by atoms with Gasteiger partial charge in [0.25, 0.3) is 5.91 Å². The average Bonchev–Trinajstić information content (AvgIpc) is 3.15. The molecule has 1 aliphatic rings. The summed E-state index contributed by atoms with van der Waals surface area (Å²) in [7, 11) is 0. The van der Waals surface area contributed by atoms with Gasteiger partial charge in [0.1, 0.15) is 4.60 Å². The van der Waals surface area contributed by atoms with Crippen LogP contribution < -0.4 is 5.32 Å². The first-order valence-corrected chi connectivity index (χ1v) is 8.24. The van der Waals surface area contributed by atoms with Gasteiger partial charge in [0, 0.05) is 25.7 Å². The predicted octanol–water partition coefficient (Wildman–Crippen LogP) is 1.75. The zero-order valence-electron chi connectivity index (χ0n) is 12.7. The van der Waals surface area contributed by atoms with Crippen molar-refractivity contribution in [1.29, 1.82) is 0 Å². The van der Waals surface area contributed by atoms with E-state index in [1.807, 2.05) is 35.2 Å². The van der Waals surface area contributed by atoms with Crippen molar-refractivity contribution in [2.45, 2.75) is 12.6 Å². The van der Waals surface area contributed by atoms with Crippen molar-refractivity contribution in [3.8, 4) is 0 Å². The number of hydrogen-bond donors (Lipinski definition) is 2. The number of likely N-dealkylation sites (tertiary alicyclic amines) is 1. The van der Waals surface area contributed by atoms with E-state index < -0.39 is 23.8 Å². The molecule has 0 radical (unpaired) electrons. The molecule has 0 aliphatic carbocycles. The zero-order valence-corrected chi connectivity index (χ0v) is 14.3. The molecule has 1 saturated heterocycles. The topological polar surface area (TPSA) is 95.7 Å². The van der Waals surface area contributed by atoms with Crippen molar-refractivity contribution < 1.29 is 19.2 Å². The van der Waals surface area contributed by atoms with Crippen LogP contribution in [0.2, 0.25) is 0 Å². The molecule has 0 bridgehead atoms. The van der Waals surface area contributed by atoms with Crippen molar-refractivity contribution in [3.05, 3.63) is 52.3 Å². The van der Waals surface area contributed by atoms with Crippen LogP contribution in [0.15, 0.2) is 45.5 Å². The second-order valence-electron chi connectivity index (χ2n) is 5.72. The van der Waals surface area contributed by atoms with Gasteiger partial charge < -0.3 is 14.9 Å². The Kier molecular flexibility index (Phi) is 4.96. The Balaban J connectivity index is 1.67. The lowest BCUT2D eigenvalue weighted by Gasteiger charge is -2.16. The molecule has 2 N–H and O–H groups in total. The average molecular weight is 394 g/mol. The Bertz CT molecular complexity index is 734. The minimum Gasteiger partial charge on any atom is -0.481 e. The summed E-state index contributed by atoms with van der Waals surface area (Å²) in [4.78, 5) is 25.7. The minimum atomic E-state index is -0.922. The molecule has 2 unspecified atom stereocenters. The third-order valence-electron chi connectivity index (χ3n) is 3.98. The van der Waals surface area contributed by atoms with E-state index in [-0.39, 0.29) is 5.76 Å². The number of carbonyl (C=O) groups excluding carboxylic acids is 1. The summed E-state index contributed by atoms with van der Waals surface area (Å²) in [5, 5.41) is 15.8. The molecular formula is C16H16BrN3O4. The van der Waals surface area contributed by atoms with Crippen LogP contribution in [0.3, 0.4) is 0 Å². The number of carbonyl (C=O) groups is 2. The number of carboxylic acid groups (broad SMARTS) is 1. The number of nitrogens with one attached hydrogen (secondary N) is 1. The molecule has 24 heavy (non-hydrogen) atoms. The lowest BCUT2D eigenvalue weighted by molar-refractivity contribution is -0.141. The van der Waals surface area contributed by atoms with Gasteiger partial charge in [0.05, 0.1) is 12.0 Å². The molecule has 1 aromatic heterocycles. The van der Waals surface area contributed by atoms with E-state index in [4.69, 9.17) is 4.52 Å². The molecule has 1 amide bonds. The van der Waals surface area contributed by atoms with E-state index in [0.29, 0.717) is 24.2 Å². The summed E-state index contributed by atoms with van der Waals surface area (Å²) < 4.78 is 5.30. The second kappa shape index (κ2) is 7.14. The number of aromatic nitrogens is 1. The van der Waals surface area contributed by atoms with E-state index in [0.717, 1.165) is 5.56 Å². The normalized spacial score (nSPS) is 20.9. The molecule has 3 rings (SSSR count). The van der Waals surface area contributed by atoms with E-state index in [2.05, 4.69) is 26.4 Å². The molecule has 2 aromatic rings. The number of rotatable bonds is 5. The van der Waals surface area contributed by atoms with Crippen molar-refractivity contribution in [2.75, 3.05) is 13.1 Å². The third kappa shape index (κ3) is 3.82. The number of hydrogen-bond acceptors (Lipinski definition) is 5. The Hall–Kier alpha value is -2.19. The summed E-state index contributed by atoms with van der Waals surface area (Å²) in [5.41, 5.74) is 1.10. The van der Waals surface area contributed by atoms with Gasteiger partial charge in [0.2, 0.25) is 5.76 Å². The smallest absolute Gasteiger partial charge is 0.309 e. The Labute approximate surface area is 146 Å². The van der Waals surface area contributed by atoms with E-state index in [1.165, 1.54) is 6.07 Å². The summed E-state index contributed by atoms with van der Waals surface area (Å²) in [5.74, 6) is -2.00. The second-order valence-corrected chi connectivity index (χ2v) is 6.53. The van der Waals surface area contributed by atoms with Gasteiger partial charge in [-0.15, -0.1) is 0 Å². The highest BCUT2D eigenvalue weighted by atomic mass is 79.9. The molecule has 1 aromatic carbocycles. The van der Waals surface area contributed by atoms with E-state index >= 15 is 0 Å². The van der Waals surface area contributed by atoms with Gasteiger partial charge in [0.15, 0.2) is 0 Å². The summed E-state index contributed by atoms with van der Waals surface area (Å²) in [6.45, 7) is 1.49. The monoisotopic (exact) mass is 393 g/mol. The van der Waals surface area contributed by atoms with Crippen LogP contribution in [0.5, 0.6) is 0 Å². The quantitative estimate of drug-likeness (QED) is 0.803. The lowest BCUT2D eigenvalue weighted by atomic mass is 10.0. The number of halogens is 1. The van der Waals surface area contributed by atoms with Crippen molar-refractivity contribution in [1.82, 2.24) is 15.4 Å². The number of amides is 1. The molecule has 1 fully saturated rings. The third-order valence-corrected chi connectivity index (χ3v) is 4.36. The van der Waals surface area contributed by atoms with Crippen molar-refractivity contribution >= 4 is 27.8 Å². The maximum absolute atomic E-state index is 12.2. The van der Waals surface area contributed by atoms with Gasteiger partial charge in [-0.05, 0) is 21.5 Å². The Morgan fingerprint density at radius 3 is 2.71 bits per heavy atom. The van der Waals surface area contributed by atoms with Gasteiger partial charge in [-0.1, -0.05) is 35.5 Å². The largest absolute Gasteiger partial charge is 0.481 e. The highest BCUT2D eigenvalue weighted by Crippen LogP contribution is 2.20. The van der Waals surface area contributed by atoms with Gasteiger partial charge in [-0.3, -0.25) is 14.5 Å². The van der Waals surface area contributed by atoms with Crippen LogP contribution >= 0.6 is 15.9 Å². The Morgan fingerprint density at radius 1 is 1.33 bits per heavy atom. The first-order valence-electron chi connectivity index (χ1n) is 7.45. The zero-order chi connectivity index (χ0) is 17.1. The highest BCUT2D eigenvalue weighted by molar-refractivity contribution is 9.10. The lowest BCUT2D eigenvalue weighted by Crippen LogP contribution is -2.42. The summed E-state index contributed by atoms with van der Waals surface area (Å²) in [6, 6.07) is 10.8. The Morgan fingerprint density at radius 2 is 2.08 bits per heavy atom. The number of aliphatic carboxylic acids is 1. The first-order chi connectivity index (χ1) is 11.5. The molecule has 2 atom stereocenters. The molecule has 0 saturated carbocycles. The van der Waals surface area contributed by atoms with Crippen LogP contribution in [0.4, 0.5) is 0 Å². The first kappa shape index (κ1) is 16.7. The van der Waals surface area contributed by atoms with Crippen LogP contribution in [-0.2, 0) is 11.3 Å². The molecule has 8 heteroatoms.